The molecule has 0 heterocycles. The van der Waals surface area contributed by atoms with Crippen molar-refractivity contribution in [2.75, 3.05) is 17.7 Å². The van der Waals surface area contributed by atoms with E-state index in [1.165, 1.54) is 6.08 Å². The Morgan fingerprint density at radius 3 is 2.31 bits per heavy atom. The van der Waals surface area contributed by atoms with E-state index in [0.717, 1.165) is 11.3 Å². The molecule has 0 aliphatic heterocycles. The molecule has 29 heavy (non-hydrogen) atoms. The summed E-state index contributed by atoms with van der Waals surface area (Å²) in [4.78, 5) is 35.9. The molecule has 1 unspecified atom stereocenters. The SMILES string of the molecule is CCC(=O)Nc1cccc(NC(=O)C(C)NC(=O)/C=C/c2ccc(OC)cc2)c1. The van der Waals surface area contributed by atoms with Crippen LogP contribution in [0.15, 0.2) is 54.6 Å². The van der Waals surface area contributed by atoms with E-state index in [2.05, 4.69) is 16.0 Å². The highest BCUT2D eigenvalue weighted by Crippen LogP contribution is 2.16. The monoisotopic (exact) mass is 395 g/mol. The van der Waals surface area contributed by atoms with Crippen LogP contribution in [0.1, 0.15) is 25.8 Å². The van der Waals surface area contributed by atoms with Gasteiger partial charge in [0.1, 0.15) is 11.8 Å². The van der Waals surface area contributed by atoms with E-state index in [1.807, 2.05) is 12.1 Å². The van der Waals surface area contributed by atoms with Gasteiger partial charge >= 0.3 is 0 Å². The predicted molar refractivity (Wildman–Crippen MR) is 114 cm³/mol. The number of methoxy groups -OCH3 is 1. The highest BCUT2D eigenvalue weighted by Gasteiger charge is 2.14. The van der Waals surface area contributed by atoms with Crippen LogP contribution in [0.5, 0.6) is 5.75 Å². The second kappa shape index (κ2) is 10.7. The lowest BCUT2D eigenvalue weighted by Gasteiger charge is -2.14. The van der Waals surface area contributed by atoms with Crippen LogP contribution in [0.25, 0.3) is 6.08 Å². The predicted octanol–water partition coefficient (Wildman–Crippen LogP) is 3.20. The third kappa shape index (κ3) is 7.14. The van der Waals surface area contributed by atoms with Gasteiger partial charge in [-0.05, 0) is 48.9 Å². The molecule has 7 nitrogen and oxygen atoms in total. The number of hydrogen-bond acceptors (Lipinski definition) is 4. The molecule has 2 aromatic carbocycles. The molecule has 0 fully saturated rings. The van der Waals surface area contributed by atoms with Crippen molar-refractivity contribution in [1.82, 2.24) is 5.32 Å². The topological polar surface area (TPSA) is 96.5 Å². The zero-order chi connectivity index (χ0) is 21.2. The molecule has 0 aliphatic rings. The second-order valence-electron chi connectivity index (χ2n) is 6.31. The van der Waals surface area contributed by atoms with Crippen LogP contribution >= 0.6 is 0 Å². The molecule has 0 bridgehead atoms. The second-order valence-corrected chi connectivity index (χ2v) is 6.31. The first-order valence-corrected chi connectivity index (χ1v) is 9.24. The number of ether oxygens (including phenoxy) is 1. The number of anilines is 2. The van der Waals surface area contributed by atoms with Gasteiger partial charge in [-0.3, -0.25) is 14.4 Å². The minimum Gasteiger partial charge on any atom is -0.497 e. The van der Waals surface area contributed by atoms with Crippen molar-refractivity contribution >= 4 is 35.2 Å². The molecule has 2 aromatic rings. The molecule has 3 amide bonds. The van der Waals surface area contributed by atoms with Crippen LogP contribution < -0.4 is 20.7 Å². The average Bonchev–Trinajstić information content (AvgIpc) is 2.72. The summed E-state index contributed by atoms with van der Waals surface area (Å²) in [6.07, 6.45) is 3.38. The molecular formula is C22H25N3O4. The summed E-state index contributed by atoms with van der Waals surface area (Å²) in [6, 6.07) is 13.3. The fraction of sp³-hybridized carbons (Fsp3) is 0.227. The fourth-order valence-corrected chi connectivity index (χ4v) is 2.39. The standard InChI is InChI=1S/C22H25N3O4/c1-4-20(26)24-17-6-5-7-18(14-17)25-22(28)15(2)23-21(27)13-10-16-8-11-19(29-3)12-9-16/h5-15H,4H2,1-3H3,(H,23,27)(H,24,26)(H,25,28)/b13-10+. The van der Waals surface area contributed by atoms with Gasteiger partial charge in [-0.1, -0.05) is 25.1 Å². The Hall–Kier alpha value is -3.61. The van der Waals surface area contributed by atoms with Crippen molar-refractivity contribution in [2.45, 2.75) is 26.3 Å². The first-order valence-electron chi connectivity index (χ1n) is 9.24. The molecule has 0 radical (unpaired) electrons. The summed E-state index contributed by atoms with van der Waals surface area (Å²) < 4.78 is 5.09. The Morgan fingerprint density at radius 2 is 1.69 bits per heavy atom. The molecule has 0 spiro atoms. The Bertz CT molecular complexity index is 891. The highest BCUT2D eigenvalue weighted by atomic mass is 16.5. The molecule has 152 valence electrons. The summed E-state index contributed by atoms with van der Waals surface area (Å²) in [5.41, 5.74) is 1.96. The Kier molecular flexibility index (Phi) is 7.97. The molecule has 3 N–H and O–H groups in total. The minimum absolute atomic E-state index is 0.113. The van der Waals surface area contributed by atoms with Crippen molar-refractivity contribution < 1.29 is 19.1 Å². The van der Waals surface area contributed by atoms with Crippen molar-refractivity contribution in [3.63, 3.8) is 0 Å². The first kappa shape index (κ1) is 21.7. The first-order chi connectivity index (χ1) is 13.9. The largest absolute Gasteiger partial charge is 0.497 e. The molecule has 0 aromatic heterocycles. The van der Waals surface area contributed by atoms with Crippen LogP contribution in [-0.2, 0) is 14.4 Å². The van der Waals surface area contributed by atoms with Gasteiger partial charge in [0.2, 0.25) is 17.7 Å². The minimum atomic E-state index is -0.739. The average molecular weight is 395 g/mol. The maximum atomic E-state index is 12.3. The van der Waals surface area contributed by atoms with Crippen molar-refractivity contribution in [3.8, 4) is 5.75 Å². The summed E-state index contributed by atoms with van der Waals surface area (Å²) in [5, 5.41) is 8.07. The molecule has 1 atom stereocenters. The van der Waals surface area contributed by atoms with Crippen LogP contribution in [-0.4, -0.2) is 30.9 Å². The van der Waals surface area contributed by atoms with Crippen LogP contribution in [0.4, 0.5) is 11.4 Å². The number of nitrogens with one attached hydrogen (secondary N) is 3. The van der Waals surface area contributed by atoms with Crippen molar-refractivity contribution in [2.24, 2.45) is 0 Å². The Labute approximate surface area is 170 Å². The third-order valence-corrected chi connectivity index (χ3v) is 4.03. The number of benzene rings is 2. The number of rotatable bonds is 8. The quantitative estimate of drug-likeness (QED) is 0.598. The van der Waals surface area contributed by atoms with Gasteiger partial charge in [-0.15, -0.1) is 0 Å². The molecule has 7 heteroatoms. The van der Waals surface area contributed by atoms with Gasteiger partial charge in [0, 0.05) is 23.9 Å². The van der Waals surface area contributed by atoms with E-state index in [1.54, 1.807) is 63.4 Å². The van der Waals surface area contributed by atoms with Gasteiger partial charge in [-0.25, -0.2) is 0 Å². The van der Waals surface area contributed by atoms with Crippen LogP contribution in [0.3, 0.4) is 0 Å². The lowest BCUT2D eigenvalue weighted by Crippen LogP contribution is -2.40. The van der Waals surface area contributed by atoms with Crippen molar-refractivity contribution in [1.29, 1.82) is 0 Å². The van der Waals surface area contributed by atoms with Crippen molar-refractivity contribution in [3.05, 3.63) is 60.2 Å². The fourth-order valence-electron chi connectivity index (χ4n) is 2.39. The van der Waals surface area contributed by atoms with E-state index in [0.29, 0.717) is 17.8 Å². The summed E-state index contributed by atoms with van der Waals surface area (Å²) in [7, 11) is 1.59. The highest BCUT2D eigenvalue weighted by molar-refractivity contribution is 6.00. The maximum Gasteiger partial charge on any atom is 0.246 e. The number of carbonyl (C=O) groups is 3. The van der Waals surface area contributed by atoms with E-state index in [4.69, 9.17) is 4.74 Å². The number of amides is 3. The summed E-state index contributed by atoms with van der Waals surface area (Å²) in [5.74, 6) is -0.129. The zero-order valence-corrected chi connectivity index (χ0v) is 16.7. The maximum absolute atomic E-state index is 12.3. The number of carbonyl (C=O) groups excluding carboxylic acids is 3. The van der Waals surface area contributed by atoms with Gasteiger partial charge in [-0.2, -0.15) is 0 Å². The summed E-state index contributed by atoms with van der Waals surface area (Å²) in [6.45, 7) is 3.35. The normalized spacial score (nSPS) is 11.6. The van der Waals surface area contributed by atoms with Crippen LogP contribution in [0.2, 0.25) is 0 Å². The molecule has 2 rings (SSSR count). The zero-order valence-electron chi connectivity index (χ0n) is 16.7. The third-order valence-electron chi connectivity index (χ3n) is 4.03. The Balaban J connectivity index is 1.89. The van der Waals surface area contributed by atoms with E-state index >= 15 is 0 Å². The number of hydrogen-bond donors (Lipinski definition) is 3. The lowest BCUT2D eigenvalue weighted by atomic mass is 10.2. The van der Waals surface area contributed by atoms with Gasteiger partial charge < -0.3 is 20.7 Å². The smallest absolute Gasteiger partial charge is 0.246 e. The van der Waals surface area contributed by atoms with Gasteiger partial charge in [0.25, 0.3) is 0 Å². The van der Waals surface area contributed by atoms with Crippen LogP contribution in [0, 0.1) is 0 Å². The van der Waals surface area contributed by atoms with E-state index in [-0.39, 0.29) is 17.7 Å². The van der Waals surface area contributed by atoms with E-state index in [9.17, 15) is 14.4 Å². The van der Waals surface area contributed by atoms with Gasteiger partial charge in [0.15, 0.2) is 0 Å². The Morgan fingerprint density at radius 1 is 1.03 bits per heavy atom. The molecule has 0 saturated carbocycles. The lowest BCUT2D eigenvalue weighted by molar-refractivity contribution is -0.123. The molecule has 0 saturated heterocycles. The molecule has 0 aliphatic carbocycles. The summed E-state index contributed by atoms with van der Waals surface area (Å²) >= 11 is 0. The van der Waals surface area contributed by atoms with E-state index < -0.39 is 6.04 Å². The molecular weight excluding hydrogens is 370 g/mol. The van der Waals surface area contributed by atoms with Gasteiger partial charge in [0.05, 0.1) is 7.11 Å².